The SMILES string of the molecule is CCC(=O)N(C)c1ccc(-c2ccc(C(=O)CCc3cccnc3)nc2)cc1C. The predicted octanol–water partition coefficient (Wildman–Crippen LogP) is 4.64. The van der Waals surface area contributed by atoms with E-state index >= 15 is 0 Å². The van der Waals surface area contributed by atoms with Gasteiger partial charge in [0.25, 0.3) is 0 Å². The van der Waals surface area contributed by atoms with Crippen molar-refractivity contribution < 1.29 is 9.59 Å². The van der Waals surface area contributed by atoms with Crippen molar-refractivity contribution in [3.05, 3.63) is 77.9 Å². The number of ketones is 1. The summed E-state index contributed by atoms with van der Waals surface area (Å²) in [5.74, 6) is 0.100. The maximum absolute atomic E-state index is 12.4. The third-order valence-electron chi connectivity index (χ3n) is 4.98. The number of pyridine rings is 2. The number of hydrogen-bond donors (Lipinski definition) is 0. The Morgan fingerprint density at radius 3 is 2.45 bits per heavy atom. The molecule has 29 heavy (non-hydrogen) atoms. The van der Waals surface area contributed by atoms with Crippen molar-refractivity contribution in [1.82, 2.24) is 9.97 Å². The van der Waals surface area contributed by atoms with Gasteiger partial charge in [-0.25, -0.2) is 0 Å². The molecule has 5 heteroatoms. The highest BCUT2D eigenvalue weighted by molar-refractivity contribution is 5.95. The minimum Gasteiger partial charge on any atom is -0.315 e. The Bertz CT molecular complexity index is 998. The van der Waals surface area contributed by atoms with Gasteiger partial charge in [0.2, 0.25) is 5.91 Å². The van der Waals surface area contributed by atoms with Gasteiger partial charge in [-0.3, -0.25) is 19.6 Å². The molecule has 0 radical (unpaired) electrons. The molecule has 1 amide bonds. The number of carbonyl (C=O) groups is 2. The van der Waals surface area contributed by atoms with Crippen molar-refractivity contribution in [3.63, 3.8) is 0 Å². The first-order chi connectivity index (χ1) is 14.0. The molecule has 0 bridgehead atoms. The lowest BCUT2D eigenvalue weighted by molar-refractivity contribution is -0.118. The maximum atomic E-state index is 12.4. The first kappa shape index (κ1) is 20.4. The van der Waals surface area contributed by atoms with E-state index in [9.17, 15) is 9.59 Å². The molecule has 5 nitrogen and oxygen atoms in total. The number of amides is 1. The van der Waals surface area contributed by atoms with Crippen LogP contribution in [0.1, 0.15) is 41.4 Å². The van der Waals surface area contributed by atoms with E-state index in [1.54, 1.807) is 36.6 Å². The van der Waals surface area contributed by atoms with Gasteiger partial charge in [-0.15, -0.1) is 0 Å². The van der Waals surface area contributed by atoms with Gasteiger partial charge >= 0.3 is 0 Å². The molecule has 0 aliphatic rings. The van der Waals surface area contributed by atoms with Gasteiger partial charge in [0.1, 0.15) is 5.69 Å². The Hall–Kier alpha value is -3.34. The lowest BCUT2D eigenvalue weighted by Crippen LogP contribution is -2.25. The molecule has 0 spiro atoms. The molecule has 0 saturated heterocycles. The highest BCUT2D eigenvalue weighted by Gasteiger charge is 2.13. The number of nitrogens with zero attached hydrogens (tertiary/aromatic N) is 3. The smallest absolute Gasteiger partial charge is 0.226 e. The third-order valence-corrected chi connectivity index (χ3v) is 4.98. The van der Waals surface area contributed by atoms with Crippen LogP contribution in [0.3, 0.4) is 0 Å². The van der Waals surface area contributed by atoms with E-state index in [4.69, 9.17) is 0 Å². The van der Waals surface area contributed by atoms with E-state index in [2.05, 4.69) is 9.97 Å². The summed E-state index contributed by atoms with van der Waals surface area (Å²) >= 11 is 0. The van der Waals surface area contributed by atoms with Crippen LogP contribution in [0.5, 0.6) is 0 Å². The molecule has 1 aromatic carbocycles. The van der Waals surface area contributed by atoms with Crippen molar-refractivity contribution in [1.29, 1.82) is 0 Å². The van der Waals surface area contributed by atoms with E-state index in [-0.39, 0.29) is 11.7 Å². The third kappa shape index (κ3) is 4.93. The van der Waals surface area contributed by atoms with Crippen LogP contribution in [0, 0.1) is 6.92 Å². The molecule has 3 rings (SSSR count). The molecule has 0 fully saturated rings. The van der Waals surface area contributed by atoms with Gasteiger partial charge in [-0.1, -0.05) is 25.1 Å². The van der Waals surface area contributed by atoms with Crippen LogP contribution in [-0.2, 0) is 11.2 Å². The first-order valence-electron chi connectivity index (χ1n) is 9.75. The minimum absolute atomic E-state index is 0.0200. The van der Waals surface area contributed by atoms with Crippen LogP contribution >= 0.6 is 0 Å². The lowest BCUT2D eigenvalue weighted by atomic mass is 10.0. The molecule has 0 N–H and O–H groups in total. The summed E-state index contributed by atoms with van der Waals surface area (Å²) in [4.78, 5) is 34.5. The van der Waals surface area contributed by atoms with Crippen molar-refractivity contribution in [2.45, 2.75) is 33.1 Å². The second kappa shape index (κ2) is 9.24. The van der Waals surface area contributed by atoms with Gasteiger partial charge in [0.15, 0.2) is 5.78 Å². The van der Waals surface area contributed by atoms with Gasteiger partial charge in [-0.2, -0.15) is 0 Å². The van der Waals surface area contributed by atoms with Crippen LogP contribution in [-0.4, -0.2) is 28.7 Å². The van der Waals surface area contributed by atoms with E-state index in [0.717, 1.165) is 27.9 Å². The highest BCUT2D eigenvalue weighted by Crippen LogP contribution is 2.27. The van der Waals surface area contributed by atoms with Crippen LogP contribution in [0.15, 0.2) is 61.1 Å². The fourth-order valence-corrected chi connectivity index (χ4v) is 3.24. The summed E-state index contributed by atoms with van der Waals surface area (Å²) in [5, 5.41) is 0. The Kier molecular flexibility index (Phi) is 6.50. The highest BCUT2D eigenvalue weighted by atomic mass is 16.2. The van der Waals surface area contributed by atoms with E-state index < -0.39 is 0 Å². The average Bonchev–Trinajstić information content (AvgIpc) is 2.77. The van der Waals surface area contributed by atoms with Crippen molar-refractivity contribution in [2.24, 2.45) is 0 Å². The summed E-state index contributed by atoms with van der Waals surface area (Å²) < 4.78 is 0. The Labute approximate surface area is 171 Å². The molecule has 0 aliphatic carbocycles. The topological polar surface area (TPSA) is 63.2 Å². The summed E-state index contributed by atoms with van der Waals surface area (Å²) in [6.07, 6.45) is 6.76. The number of hydrogen-bond acceptors (Lipinski definition) is 4. The molecule has 0 unspecified atom stereocenters. The number of rotatable bonds is 7. The zero-order chi connectivity index (χ0) is 20.8. The van der Waals surface area contributed by atoms with E-state index in [1.807, 2.05) is 50.2 Å². The molecule has 2 heterocycles. The molecule has 0 atom stereocenters. The normalized spacial score (nSPS) is 10.6. The number of anilines is 1. The standard InChI is InChI=1S/C24H25N3O2/c1-4-24(29)27(3)22-11-9-19(14-17(22)2)20-8-10-21(26-16-20)23(28)12-7-18-6-5-13-25-15-18/h5-6,8-11,13-16H,4,7,12H2,1-3H3. The lowest BCUT2D eigenvalue weighted by Gasteiger charge is -2.19. The zero-order valence-corrected chi connectivity index (χ0v) is 17.1. The fourth-order valence-electron chi connectivity index (χ4n) is 3.24. The molecule has 0 aliphatic heterocycles. The molecule has 3 aromatic rings. The van der Waals surface area contributed by atoms with Crippen molar-refractivity contribution in [3.8, 4) is 11.1 Å². The summed E-state index contributed by atoms with van der Waals surface area (Å²) in [7, 11) is 1.79. The second-order valence-electron chi connectivity index (χ2n) is 7.02. The largest absolute Gasteiger partial charge is 0.315 e. The van der Waals surface area contributed by atoms with Gasteiger partial charge in [0.05, 0.1) is 0 Å². The van der Waals surface area contributed by atoms with Crippen molar-refractivity contribution in [2.75, 3.05) is 11.9 Å². The predicted molar refractivity (Wildman–Crippen MR) is 115 cm³/mol. The maximum Gasteiger partial charge on any atom is 0.226 e. The van der Waals surface area contributed by atoms with Gasteiger partial charge in [0, 0.05) is 49.7 Å². The first-order valence-corrected chi connectivity index (χ1v) is 9.75. The molecule has 0 saturated carbocycles. The molecular weight excluding hydrogens is 362 g/mol. The van der Waals surface area contributed by atoms with Crippen LogP contribution in [0.25, 0.3) is 11.1 Å². The molecule has 148 valence electrons. The monoisotopic (exact) mass is 387 g/mol. The van der Waals surface area contributed by atoms with E-state index in [1.165, 1.54) is 0 Å². The number of carbonyl (C=O) groups excluding carboxylic acids is 2. The number of aryl methyl sites for hydroxylation is 2. The van der Waals surface area contributed by atoms with Gasteiger partial charge < -0.3 is 4.90 Å². The van der Waals surface area contributed by atoms with Crippen LogP contribution in [0.4, 0.5) is 5.69 Å². The minimum atomic E-state index is 0.0200. The molecular formula is C24H25N3O2. The van der Waals surface area contributed by atoms with Crippen LogP contribution in [0.2, 0.25) is 0 Å². The Morgan fingerprint density at radius 2 is 1.83 bits per heavy atom. The number of aromatic nitrogens is 2. The fraction of sp³-hybridized carbons (Fsp3) is 0.250. The van der Waals surface area contributed by atoms with Crippen LogP contribution < -0.4 is 4.90 Å². The summed E-state index contributed by atoms with van der Waals surface area (Å²) in [5.41, 5.74) is 5.37. The summed E-state index contributed by atoms with van der Waals surface area (Å²) in [6.45, 7) is 3.84. The molecule has 2 aromatic heterocycles. The quantitative estimate of drug-likeness (QED) is 0.554. The number of benzene rings is 1. The van der Waals surface area contributed by atoms with Gasteiger partial charge in [-0.05, 0) is 54.3 Å². The zero-order valence-electron chi connectivity index (χ0n) is 17.1. The number of Topliss-reactive ketones (excluding diaryl/α,β-unsaturated/α-hetero) is 1. The van der Waals surface area contributed by atoms with Crippen molar-refractivity contribution >= 4 is 17.4 Å². The second-order valence-corrected chi connectivity index (χ2v) is 7.02. The average molecular weight is 387 g/mol. The Balaban J connectivity index is 1.70. The summed E-state index contributed by atoms with van der Waals surface area (Å²) in [6, 6.07) is 13.5. The van der Waals surface area contributed by atoms with E-state index in [0.29, 0.717) is 25.0 Å². The Morgan fingerprint density at radius 1 is 1.03 bits per heavy atom.